The van der Waals surface area contributed by atoms with E-state index in [-0.39, 0.29) is 6.04 Å². The molecule has 1 aromatic carbocycles. The molecule has 1 atom stereocenters. The Labute approximate surface area is 117 Å². The quantitative estimate of drug-likeness (QED) is 0.873. The SMILES string of the molecule is CC(C)N1CCN(CC(N)Cc2ccccc2)CC1. The fourth-order valence-corrected chi connectivity index (χ4v) is 2.78. The second-order valence-corrected chi connectivity index (χ2v) is 5.88. The number of rotatable bonds is 5. The molecule has 106 valence electrons. The Hall–Kier alpha value is -0.900. The maximum Gasteiger partial charge on any atom is 0.0208 e. The Bertz CT molecular complexity index is 356. The molecule has 0 saturated carbocycles. The summed E-state index contributed by atoms with van der Waals surface area (Å²) in [6, 6.07) is 11.5. The summed E-state index contributed by atoms with van der Waals surface area (Å²) in [5, 5.41) is 0. The molecule has 1 aliphatic rings. The minimum atomic E-state index is 0.244. The maximum absolute atomic E-state index is 6.28. The van der Waals surface area contributed by atoms with Gasteiger partial charge in [-0.25, -0.2) is 0 Å². The van der Waals surface area contributed by atoms with Crippen molar-refractivity contribution in [2.75, 3.05) is 32.7 Å². The second-order valence-electron chi connectivity index (χ2n) is 5.88. The highest BCUT2D eigenvalue weighted by molar-refractivity contribution is 5.15. The number of hydrogen-bond acceptors (Lipinski definition) is 3. The number of piperazine rings is 1. The number of nitrogens with zero attached hydrogens (tertiary/aromatic N) is 2. The molecule has 3 nitrogen and oxygen atoms in total. The molecule has 2 rings (SSSR count). The lowest BCUT2D eigenvalue weighted by atomic mass is 10.1. The van der Waals surface area contributed by atoms with E-state index in [1.165, 1.54) is 18.7 Å². The van der Waals surface area contributed by atoms with Gasteiger partial charge in [0.2, 0.25) is 0 Å². The van der Waals surface area contributed by atoms with Crippen LogP contribution in [0.3, 0.4) is 0 Å². The van der Waals surface area contributed by atoms with Gasteiger partial charge >= 0.3 is 0 Å². The molecule has 3 heteroatoms. The van der Waals surface area contributed by atoms with Crippen LogP contribution in [0, 0.1) is 0 Å². The molecular formula is C16H27N3. The summed E-state index contributed by atoms with van der Waals surface area (Å²) in [5.41, 5.74) is 7.62. The summed E-state index contributed by atoms with van der Waals surface area (Å²) in [5.74, 6) is 0. The first-order chi connectivity index (χ1) is 9.15. The Morgan fingerprint density at radius 3 is 2.26 bits per heavy atom. The van der Waals surface area contributed by atoms with Crippen LogP contribution in [0.1, 0.15) is 19.4 Å². The van der Waals surface area contributed by atoms with Gasteiger partial charge in [0.05, 0.1) is 0 Å². The van der Waals surface area contributed by atoms with Crippen LogP contribution in [0.25, 0.3) is 0 Å². The first-order valence-corrected chi connectivity index (χ1v) is 7.41. The van der Waals surface area contributed by atoms with Crippen LogP contribution >= 0.6 is 0 Å². The standard InChI is InChI=1S/C16H27N3/c1-14(2)19-10-8-18(9-11-19)13-16(17)12-15-6-4-3-5-7-15/h3-7,14,16H,8-13,17H2,1-2H3. The Kier molecular flexibility index (Phi) is 5.37. The van der Waals surface area contributed by atoms with Crippen molar-refractivity contribution in [2.45, 2.75) is 32.4 Å². The molecule has 1 heterocycles. The van der Waals surface area contributed by atoms with Gasteiger partial charge in [0.25, 0.3) is 0 Å². The molecule has 2 N–H and O–H groups in total. The fourth-order valence-electron chi connectivity index (χ4n) is 2.78. The van der Waals surface area contributed by atoms with Gasteiger partial charge in [0.15, 0.2) is 0 Å². The van der Waals surface area contributed by atoms with E-state index in [9.17, 15) is 0 Å². The third-order valence-corrected chi connectivity index (χ3v) is 3.97. The summed E-state index contributed by atoms with van der Waals surface area (Å²) in [6.07, 6.45) is 0.977. The minimum absolute atomic E-state index is 0.244. The van der Waals surface area contributed by atoms with Crippen LogP contribution in [-0.4, -0.2) is 54.6 Å². The maximum atomic E-state index is 6.28. The third kappa shape index (κ3) is 4.60. The van der Waals surface area contributed by atoms with E-state index < -0.39 is 0 Å². The van der Waals surface area contributed by atoms with Crippen molar-refractivity contribution in [1.82, 2.24) is 9.80 Å². The summed E-state index contributed by atoms with van der Waals surface area (Å²) < 4.78 is 0. The van der Waals surface area contributed by atoms with E-state index >= 15 is 0 Å². The summed E-state index contributed by atoms with van der Waals surface area (Å²) in [4.78, 5) is 5.05. The predicted octanol–water partition coefficient (Wildman–Crippen LogP) is 1.58. The highest BCUT2D eigenvalue weighted by Crippen LogP contribution is 2.08. The van der Waals surface area contributed by atoms with Gasteiger partial charge in [0.1, 0.15) is 0 Å². The average molecular weight is 261 g/mol. The zero-order valence-corrected chi connectivity index (χ0v) is 12.3. The summed E-state index contributed by atoms with van der Waals surface area (Å²) in [7, 11) is 0. The van der Waals surface area contributed by atoms with E-state index in [1.54, 1.807) is 0 Å². The average Bonchev–Trinajstić information content (AvgIpc) is 2.40. The minimum Gasteiger partial charge on any atom is -0.326 e. The summed E-state index contributed by atoms with van der Waals surface area (Å²) in [6.45, 7) is 10.2. The zero-order valence-electron chi connectivity index (χ0n) is 12.3. The summed E-state index contributed by atoms with van der Waals surface area (Å²) >= 11 is 0. The normalized spacial score (nSPS) is 19.8. The molecular weight excluding hydrogens is 234 g/mol. The first-order valence-electron chi connectivity index (χ1n) is 7.41. The van der Waals surface area contributed by atoms with Crippen molar-refractivity contribution in [2.24, 2.45) is 5.73 Å². The number of benzene rings is 1. The van der Waals surface area contributed by atoms with E-state index in [2.05, 4.69) is 54.0 Å². The molecule has 1 unspecified atom stereocenters. The van der Waals surface area contributed by atoms with Gasteiger partial charge in [0, 0.05) is 44.8 Å². The highest BCUT2D eigenvalue weighted by Gasteiger charge is 2.20. The predicted molar refractivity (Wildman–Crippen MR) is 81.3 cm³/mol. The molecule has 1 fully saturated rings. The van der Waals surface area contributed by atoms with Crippen molar-refractivity contribution in [1.29, 1.82) is 0 Å². The van der Waals surface area contributed by atoms with Gasteiger partial charge in [-0.2, -0.15) is 0 Å². The molecule has 1 aliphatic heterocycles. The second kappa shape index (κ2) is 7.04. The molecule has 0 aliphatic carbocycles. The first kappa shape index (κ1) is 14.5. The van der Waals surface area contributed by atoms with Crippen LogP contribution in [0.2, 0.25) is 0 Å². The van der Waals surface area contributed by atoms with Crippen molar-refractivity contribution in [3.05, 3.63) is 35.9 Å². The van der Waals surface area contributed by atoms with Crippen molar-refractivity contribution >= 4 is 0 Å². The largest absolute Gasteiger partial charge is 0.326 e. The van der Waals surface area contributed by atoms with E-state index in [0.29, 0.717) is 6.04 Å². The smallest absolute Gasteiger partial charge is 0.0208 e. The molecule has 19 heavy (non-hydrogen) atoms. The van der Waals surface area contributed by atoms with Crippen LogP contribution in [-0.2, 0) is 6.42 Å². The molecule has 0 spiro atoms. The molecule has 0 bridgehead atoms. The monoisotopic (exact) mass is 261 g/mol. The van der Waals surface area contributed by atoms with Crippen molar-refractivity contribution in [3.63, 3.8) is 0 Å². The van der Waals surface area contributed by atoms with Crippen LogP contribution in [0.5, 0.6) is 0 Å². The zero-order chi connectivity index (χ0) is 13.7. The van der Waals surface area contributed by atoms with E-state index in [1.807, 2.05) is 0 Å². The van der Waals surface area contributed by atoms with E-state index in [4.69, 9.17) is 5.73 Å². The van der Waals surface area contributed by atoms with Crippen LogP contribution in [0.4, 0.5) is 0 Å². The third-order valence-electron chi connectivity index (χ3n) is 3.97. The van der Waals surface area contributed by atoms with Crippen molar-refractivity contribution in [3.8, 4) is 0 Å². The number of hydrogen-bond donors (Lipinski definition) is 1. The Morgan fingerprint density at radius 2 is 1.68 bits per heavy atom. The van der Waals surface area contributed by atoms with Gasteiger partial charge in [-0.1, -0.05) is 30.3 Å². The van der Waals surface area contributed by atoms with Crippen LogP contribution < -0.4 is 5.73 Å². The molecule has 1 aromatic rings. The lowest BCUT2D eigenvalue weighted by Gasteiger charge is -2.37. The lowest BCUT2D eigenvalue weighted by Crippen LogP contribution is -2.51. The molecule has 0 aromatic heterocycles. The van der Waals surface area contributed by atoms with E-state index in [0.717, 1.165) is 26.1 Å². The highest BCUT2D eigenvalue weighted by atomic mass is 15.3. The Balaban J connectivity index is 1.73. The number of nitrogens with two attached hydrogens (primary N) is 1. The van der Waals surface area contributed by atoms with Gasteiger partial charge in [-0.3, -0.25) is 9.80 Å². The molecule has 1 saturated heterocycles. The molecule has 0 amide bonds. The van der Waals surface area contributed by atoms with Gasteiger partial charge < -0.3 is 5.73 Å². The lowest BCUT2D eigenvalue weighted by molar-refractivity contribution is 0.104. The van der Waals surface area contributed by atoms with Gasteiger partial charge in [-0.05, 0) is 25.8 Å². The fraction of sp³-hybridized carbons (Fsp3) is 0.625. The van der Waals surface area contributed by atoms with Crippen molar-refractivity contribution < 1.29 is 0 Å². The molecule has 0 radical (unpaired) electrons. The Morgan fingerprint density at radius 1 is 1.05 bits per heavy atom. The topological polar surface area (TPSA) is 32.5 Å². The van der Waals surface area contributed by atoms with Crippen LogP contribution in [0.15, 0.2) is 30.3 Å². The van der Waals surface area contributed by atoms with Gasteiger partial charge in [-0.15, -0.1) is 0 Å².